The molecule has 15 heavy (non-hydrogen) atoms. The maximum absolute atomic E-state index is 5.99. The second-order valence-electron chi connectivity index (χ2n) is 4.29. The van der Waals surface area contributed by atoms with Crippen molar-refractivity contribution in [1.82, 2.24) is 14.7 Å². The van der Waals surface area contributed by atoms with E-state index in [-0.39, 0.29) is 0 Å². The Morgan fingerprint density at radius 3 is 3.00 bits per heavy atom. The fraction of sp³-hybridized carbons (Fsp3) is 0.727. The molecule has 0 N–H and O–H groups in total. The summed E-state index contributed by atoms with van der Waals surface area (Å²) in [6, 6.07) is 2.52. The van der Waals surface area contributed by atoms with Gasteiger partial charge in [0.2, 0.25) is 0 Å². The second kappa shape index (κ2) is 4.99. The van der Waals surface area contributed by atoms with E-state index in [0.29, 0.717) is 6.04 Å². The number of aromatic nitrogens is 2. The van der Waals surface area contributed by atoms with E-state index < -0.39 is 0 Å². The average Bonchev–Trinajstić information content (AvgIpc) is 2.84. The number of hydrogen-bond acceptors (Lipinski definition) is 2. The Bertz CT molecular complexity index is 286. The fourth-order valence-electron chi connectivity index (χ4n) is 2.28. The smallest absolute Gasteiger partial charge is 0.0536 e. The Balaban J connectivity index is 1.84. The Kier molecular flexibility index (Phi) is 3.65. The molecule has 3 nitrogen and oxygen atoms in total. The summed E-state index contributed by atoms with van der Waals surface area (Å²) in [5, 5.41) is 4.20. The Labute approximate surface area is 96.0 Å². The number of rotatable bonds is 4. The molecule has 1 aromatic rings. The lowest BCUT2D eigenvalue weighted by atomic mass is 10.1. The first-order valence-electron chi connectivity index (χ1n) is 5.58. The number of alkyl halides is 1. The van der Waals surface area contributed by atoms with E-state index in [9.17, 15) is 0 Å². The summed E-state index contributed by atoms with van der Waals surface area (Å²) in [5.41, 5.74) is 0. The molecule has 0 aliphatic carbocycles. The quantitative estimate of drug-likeness (QED) is 0.732. The van der Waals surface area contributed by atoms with Crippen molar-refractivity contribution in [2.75, 3.05) is 19.0 Å². The van der Waals surface area contributed by atoms with Gasteiger partial charge in [-0.25, -0.2) is 0 Å². The molecule has 1 aliphatic heterocycles. The maximum atomic E-state index is 5.99. The van der Waals surface area contributed by atoms with Gasteiger partial charge in [0, 0.05) is 30.9 Å². The van der Waals surface area contributed by atoms with Crippen LogP contribution >= 0.6 is 11.6 Å². The standard InChI is InChI=1S/C11H18ClN3/c1-10-3-6-14(11(10)9-12)7-8-15-5-2-4-13-15/h2,4-5,10-11H,3,6-9H2,1H3. The van der Waals surface area contributed by atoms with E-state index in [4.69, 9.17) is 11.6 Å². The van der Waals surface area contributed by atoms with Crippen LogP contribution in [0.4, 0.5) is 0 Å². The predicted molar refractivity (Wildman–Crippen MR) is 62.1 cm³/mol. The molecule has 0 spiro atoms. The Morgan fingerprint density at radius 2 is 2.33 bits per heavy atom. The zero-order valence-corrected chi connectivity index (χ0v) is 9.90. The molecule has 1 aromatic heterocycles. The SMILES string of the molecule is CC1CCN(CCn2cccn2)C1CCl. The summed E-state index contributed by atoms with van der Waals surface area (Å²) in [7, 11) is 0. The van der Waals surface area contributed by atoms with Gasteiger partial charge in [-0.15, -0.1) is 11.6 Å². The summed E-state index contributed by atoms with van der Waals surface area (Å²) in [6.07, 6.45) is 5.11. The van der Waals surface area contributed by atoms with Crippen LogP contribution in [0.5, 0.6) is 0 Å². The zero-order valence-electron chi connectivity index (χ0n) is 9.14. The van der Waals surface area contributed by atoms with Gasteiger partial charge in [0.05, 0.1) is 6.54 Å². The fourth-order valence-corrected chi connectivity index (χ4v) is 2.78. The van der Waals surface area contributed by atoms with Gasteiger partial charge in [-0.2, -0.15) is 5.10 Å². The van der Waals surface area contributed by atoms with Crippen molar-refractivity contribution in [2.45, 2.75) is 25.9 Å². The molecule has 0 bridgehead atoms. The van der Waals surface area contributed by atoms with Crippen molar-refractivity contribution in [2.24, 2.45) is 5.92 Å². The summed E-state index contributed by atoms with van der Waals surface area (Å²) < 4.78 is 1.98. The lowest BCUT2D eigenvalue weighted by molar-refractivity contribution is 0.237. The van der Waals surface area contributed by atoms with Crippen molar-refractivity contribution in [3.63, 3.8) is 0 Å². The minimum Gasteiger partial charge on any atom is -0.297 e. The minimum atomic E-state index is 0.558. The maximum Gasteiger partial charge on any atom is 0.0536 e. The van der Waals surface area contributed by atoms with E-state index in [1.54, 1.807) is 0 Å². The van der Waals surface area contributed by atoms with E-state index >= 15 is 0 Å². The molecule has 0 aromatic carbocycles. The van der Waals surface area contributed by atoms with Crippen molar-refractivity contribution in [3.8, 4) is 0 Å². The molecule has 0 amide bonds. The third-order valence-corrected chi connectivity index (χ3v) is 3.65. The van der Waals surface area contributed by atoms with E-state index in [1.807, 2.05) is 23.1 Å². The molecule has 2 heterocycles. The minimum absolute atomic E-state index is 0.558. The van der Waals surface area contributed by atoms with Crippen molar-refractivity contribution < 1.29 is 0 Å². The molecule has 1 saturated heterocycles. The number of hydrogen-bond donors (Lipinski definition) is 0. The largest absolute Gasteiger partial charge is 0.297 e. The molecule has 4 heteroatoms. The predicted octanol–water partition coefficient (Wildman–Crippen LogP) is 1.83. The number of likely N-dealkylation sites (tertiary alicyclic amines) is 1. The van der Waals surface area contributed by atoms with Crippen LogP contribution in [0, 0.1) is 5.92 Å². The molecule has 2 atom stereocenters. The molecule has 84 valence electrons. The second-order valence-corrected chi connectivity index (χ2v) is 4.60. The highest BCUT2D eigenvalue weighted by molar-refractivity contribution is 6.18. The highest BCUT2D eigenvalue weighted by Gasteiger charge is 2.29. The van der Waals surface area contributed by atoms with Gasteiger partial charge in [0.25, 0.3) is 0 Å². The molecular formula is C11H18ClN3. The first-order chi connectivity index (χ1) is 7.31. The van der Waals surface area contributed by atoms with Crippen LogP contribution in [0.25, 0.3) is 0 Å². The number of halogens is 1. The monoisotopic (exact) mass is 227 g/mol. The van der Waals surface area contributed by atoms with Crippen molar-refractivity contribution in [3.05, 3.63) is 18.5 Å². The van der Waals surface area contributed by atoms with E-state index in [1.165, 1.54) is 13.0 Å². The van der Waals surface area contributed by atoms with Gasteiger partial charge in [0.15, 0.2) is 0 Å². The average molecular weight is 228 g/mol. The molecular weight excluding hydrogens is 210 g/mol. The molecule has 1 fully saturated rings. The zero-order chi connectivity index (χ0) is 10.7. The van der Waals surface area contributed by atoms with E-state index in [0.717, 1.165) is 24.9 Å². The summed E-state index contributed by atoms with van der Waals surface area (Å²) >= 11 is 5.99. The third-order valence-electron chi connectivity index (χ3n) is 3.33. The highest BCUT2D eigenvalue weighted by Crippen LogP contribution is 2.24. The lowest BCUT2D eigenvalue weighted by Gasteiger charge is -2.24. The van der Waals surface area contributed by atoms with Gasteiger partial charge in [0.1, 0.15) is 0 Å². The summed E-state index contributed by atoms with van der Waals surface area (Å²) in [4.78, 5) is 2.49. The normalized spacial score (nSPS) is 27.3. The van der Waals surface area contributed by atoms with Crippen LogP contribution in [0.15, 0.2) is 18.5 Å². The van der Waals surface area contributed by atoms with Gasteiger partial charge >= 0.3 is 0 Å². The first kappa shape index (κ1) is 11.0. The van der Waals surface area contributed by atoms with Crippen LogP contribution < -0.4 is 0 Å². The molecule has 0 radical (unpaired) electrons. The lowest BCUT2D eigenvalue weighted by Crippen LogP contribution is -2.36. The van der Waals surface area contributed by atoms with Crippen LogP contribution in [-0.2, 0) is 6.54 Å². The van der Waals surface area contributed by atoms with Crippen LogP contribution in [0.3, 0.4) is 0 Å². The van der Waals surface area contributed by atoms with Crippen LogP contribution in [0.1, 0.15) is 13.3 Å². The summed E-state index contributed by atoms with van der Waals surface area (Å²) in [5.74, 6) is 1.49. The van der Waals surface area contributed by atoms with Crippen LogP contribution in [0.2, 0.25) is 0 Å². The summed E-state index contributed by atoms with van der Waals surface area (Å²) in [6.45, 7) is 5.50. The van der Waals surface area contributed by atoms with Crippen LogP contribution in [-0.4, -0.2) is 39.7 Å². The van der Waals surface area contributed by atoms with Gasteiger partial charge < -0.3 is 0 Å². The number of nitrogens with zero attached hydrogens (tertiary/aromatic N) is 3. The van der Waals surface area contributed by atoms with Gasteiger partial charge in [-0.1, -0.05) is 6.92 Å². The van der Waals surface area contributed by atoms with E-state index in [2.05, 4.69) is 16.9 Å². The first-order valence-corrected chi connectivity index (χ1v) is 6.12. The van der Waals surface area contributed by atoms with Gasteiger partial charge in [-0.3, -0.25) is 9.58 Å². The Morgan fingerprint density at radius 1 is 1.47 bits per heavy atom. The van der Waals surface area contributed by atoms with Crippen molar-refractivity contribution in [1.29, 1.82) is 0 Å². The Hall–Kier alpha value is -0.540. The van der Waals surface area contributed by atoms with Crippen molar-refractivity contribution >= 4 is 11.6 Å². The molecule has 1 aliphatic rings. The highest BCUT2D eigenvalue weighted by atomic mass is 35.5. The topological polar surface area (TPSA) is 21.1 Å². The van der Waals surface area contributed by atoms with Gasteiger partial charge in [-0.05, 0) is 24.9 Å². The molecule has 2 rings (SSSR count). The molecule has 0 saturated carbocycles. The molecule has 2 unspecified atom stereocenters. The third kappa shape index (κ3) is 2.52.